The maximum atomic E-state index is 13.0. The van der Waals surface area contributed by atoms with Gasteiger partial charge in [-0.1, -0.05) is 109 Å². The number of hydrogen-bond acceptors (Lipinski definition) is 9. The van der Waals surface area contributed by atoms with Gasteiger partial charge in [-0.15, -0.1) is 0 Å². The monoisotopic (exact) mass is 1170 g/mol. The number of nitrogens with two attached hydrogens (primary N) is 1. The number of carboxylic acid groups (broad SMARTS) is 1. The average Bonchev–Trinajstić information content (AvgIpc) is 1.83. The number of methoxy groups -OCH3 is 2. The number of aromatic carboxylic acids is 1. The zero-order valence-corrected chi connectivity index (χ0v) is 51.8. The quantitative estimate of drug-likeness (QED) is 0.0839. The van der Waals surface area contributed by atoms with E-state index in [1.165, 1.54) is 0 Å². The zero-order valence-electron chi connectivity index (χ0n) is 51.8. The molecule has 10 aromatic rings. The lowest BCUT2D eigenvalue weighted by molar-refractivity contribution is 0.00578. The lowest BCUT2D eigenvalue weighted by atomic mass is 9.98. The summed E-state index contributed by atoms with van der Waals surface area (Å²) in [6, 6.07) is 58.1. The van der Waals surface area contributed by atoms with E-state index in [2.05, 4.69) is 71.6 Å². The molecule has 0 unspecified atom stereocenters. The molecule has 0 radical (unpaired) electrons. The Labute approximate surface area is 510 Å². The predicted octanol–water partition coefficient (Wildman–Crippen LogP) is 15.6. The molecule has 87 heavy (non-hydrogen) atoms. The predicted molar refractivity (Wildman–Crippen MR) is 347 cm³/mol. The summed E-state index contributed by atoms with van der Waals surface area (Å²) in [6.45, 7) is 21.8. The highest BCUT2D eigenvalue weighted by Crippen LogP contribution is 2.32. The number of carbonyl (C=O) groups excluding carboxylic acids is 3. The third kappa shape index (κ3) is 15.8. The largest absolute Gasteiger partial charge is 0.497 e. The number of benzene rings is 8. The van der Waals surface area contributed by atoms with E-state index >= 15 is 0 Å². The van der Waals surface area contributed by atoms with Gasteiger partial charge < -0.3 is 44.2 Å². The van der Waals surface area contributed by atoms with Crippen LogP contribution in [0.1, 0.15) is 128 Å². The number of fused-ring (bicyclic) bond motifs is 2. The van der Waals surface area contributed by atoms with E-state index in [4.69, 9.17) is 24.7 Å². The summed E-state index contributed by atoms with van der Waals surface area (Å²) < 4.78 is 26.0. The molecule has 0 saturated heterocycles. The molecule has 0 aliphatic heterocycles. The van der Waals surface area contributed by atoms with Crippen LogP contribution in [0, 0.1) is 27.7 Å². The van der Waals surface area contributed by atoms with Gasteiger partial charge in [0.25, 0.3) is 5.91 Å². The van der Waals surface area contributed by atoms with Crippen LogP contribution in [0.2, 0.25) is 0 Å². The fraction of sp³-hybridized carbons (Fsp3) is 0.243. The average molecular weight is 1170 g/mol. The normalized spacial score (nSPS) is 11.2. The molecule has 448 valence electrons. The molecule has 0 spiro atoms. The fourth-order valence-corrected chi connectivity index (χ4v) is 10.3. The molecule has 2 heterocycles. The van der Waals surface area contributed by atoms with Crippen molar-refractivity contribution in [2.45, 2.75) is 107 Å². The first-order valence-electron chi connectivity index (χ1n) is 29.0. The van der Waals surface area contributed by atoms with E-state index in [1.54, 1.807) is 32.4 Å². The van der Waals surface area contributed by atoms with Gasteiger partial charge in [0.2, 0.25) is 0 Å². The topological polar surface area (TPSA) is 173 Å². The van der Waals surface area contributed by atoms with Gasteiger partial charge >= 0.3 is 17.9 Å². The van der Waals surface area contributed by atoms with Crippen LogP contribution in [0.15, 0.2) is 182 Å². The van der Waals surface area contributed by atoms with Gasteiger partial charge in [0.15, 0.2) is 0 Å². The standard InChI is InChI=1S/C37H38N2O4.C29H29NO4.C8H11NO/c1-24-25(2)39(34-19-18-29(21-33(24)34)35(40)38-22-27-10-9-11-30(20-27)42-6)23-26-14-16-28(17-15-26)31-12-7-8-13-32(31)36(41)43-37(3,4)5;1-18-19(2)30(26-15-14-22(27(31)32)16-25(18)26)17-20-10-12-21(13-11-20)23-8-6-7-9-24(23)28(33)34-29(3,4)5;1-10-8-4-2-3-7(5-8)6-9/h7-21H,22-23H2,1-6H3,(H,38,40);6-16H,17H2,1-5H3,(H,31,32);2-5H,6,9H2,1H3. The Balaban J connectivity index is 0.000000198. The van der Waals surface area contributed by atoms with Crippen LogP contribution in [-0.2, 0) is 35.7 Å². The van der Waals surface area contributed by atoms with Crippen molar-refractivity contribution >= 4 is 45.6 Å². The van der Waals surface area contributed by atoms with Crippen molar-refractivity contribution in [1.29, 1.82) is 0 Å². The smallest absolute Gasteiger partial charge is 0.339 e. The number of nitrogens with one attached hydrogen (secondary N) is 1. The second-order valence-corrected chi connectivity index (χ2v) is 23.4. The van der Waals surface area contributed by atoms with Crippen LogP contribution in [0.3, 0.4) is 0 Å². The summed E-state index contributed by atoms with van der Waals surface area (Å²) in [7, 11) is 3.28. The Morgan fingerprint density at radius 1 is 0.483 bits per heavy atom. The summed E-state index contributed by atoms with van der Waals surface area (Å²) in [4.78, 5) is 50.0. The highest BCUT2D eigenvalue weighted by molar-refractivity contribution is 6.00. The van der Waals surface area contributed by atoms with Gasteiger partial charge in [-0.3, -0.25) is 4.79 Å². The van der Waals surface area contributed by atoms with Crippen molar-refractivity contribution < 1.29 is 43.2 Å². The minimum absolute atomic E-state index is 0.114. The molecule has 2 aromatic heterocycles. The van der Waals surface area contributed by atoms with Crippen LogP contribution in [0.4, 0.5) is 0 Å². The van der Waals surface area contributed by atoms with Crippen molar-refractivity contribution in [2.24, 2.45) is 5.73 Å². The van der Waals surface area contributed by atoms with Gasteiger partial charge in [0, 0.05) is 64.9 Å². The summed E-state index contributed by atoms with van der Waals surface area (Å²) in [6.07, 6.45) is 0. The highest BCUT2D eigenvalue weighted by Gasteiger charge is 2.23. The minimum atomic E-state index is -0.922. The first kappa shape index (κ1) is 63.3. The molecule has 0 atom stereocenters. The van der Waals surface area contributed by atoms with E-state index < -0.39 is 17.2 Å². The number of carbonyl (C=O) groups is 4. The van der Waals surface area contributed by atoms with Crippen molar-refractivity contribution in [3.63, 3.8) is 0 Å². The Morgan fingerprint density at radius 2 is 0.897 bits per heavy atom. The van der Waals surface area contributed by atoms with Gasteiger partial charge in [0.05, 0.1) is 30.9 Å². The molecule has 0 aliphatic carbocycles. The molecule has 0 bridgehead atoms. The number of carboxylic acids is 1. The molecule has 8 aromatic carbocycles. The van der Waals surface area contributed by atoms with Gasteiger partial charge in [-0.2, -0.15) is 0 Å². The minimum Gasteiger partial charge on any atom is -0.497 e. The molecule has 4 N–H and O–H groups in total. The number of nitrogens with zero attached hydrogens (tertiary/aromatic N) is 2. The lowest BCUT2D eigenvalue weighted by Gasteiger charge is -2.20. The molecule has 10 rings (SSSR count). The van der Waals surface area contributed by atoms with E-state index in [-0.39, 0.29) is 17.8 Å². The van der Waals surface area contributed by atoms with Crippen LogP contribution < -0.4 is 20.5 Å². The Bertz CT molecular complexity index is 4080. The molecular formula is C74H78N4O9. The van der Waals surface area contributed by atoms with Gasteiger partial charge in [-0.05, 0) is 198 Å². The number of amides is 1. The van der Waals surface area contributed by atoms with Crippen molar-refractivity contribution in [2.75, 3.05) is 14.2 Å². The molecule has 13 nitrogen and oxygen atoms in total. The van der Waals surface area contributed by atoms with E-state index in [1.807, 2.05) is 176 Å². The van der Waals surface area contributed by atoms with E-state index in [0.717, 1.165) is 100 Å². The van der Waals surface area contributed by atoms with Gasteiger partial charge in [0.1, 0.15) is 22.7 Å². The fourth-order valence-electron chi connectivity index (χ4n) is 10.3. The van der Waals surface area contributed by atoms with Gasteiger partial charge in [-0.25, -0.2) is 14.4 Å². The first-order chi connectivity index (χ1) is 41.4. The number of aryl methyl sites for hydroxylation is 2. The number of rotatable bonds is 15. The van der Waals surface area contributed by atoms with Crippen LogP contribution in [0.25, 0.3) is 44.1 Å². The molecule has 0 fully saturated rings. The molecule has 13 heteroatoms. The molecular weight excluding hydrogens is 1090 g/mol. The molecule has 0 aliphatic rings. The van der Waals surface area contributed by atoms with E-state index in [0.29, 0.717) is 48.4 Å². The second kappa shape index (κ2) is 27.5. The van der Waals surface area contributed by atoms with Crippen molar-refractivity contribution in [1.82, 2.24) is 14.5 Å². The maximum absolute atomic E-state index is 13.0. The number of esters is 2. The highest BCUT2D eigenvalue weighted by atomic mass is 16.6. The third-order valence-corrected chi connectivity index (χ3v) is 15.0. The van der Waals surface area contributed by atoms with Crippen molar-refractivity contribution in [3.8, 4) is 33.8 Å². The maximum Gasteiger partial charge on any atom is 0.339 e. The zero-order chi connectivity index (χ0) is 62.7. The lowest BCUT2D eigenvalue weighted by Crippen LogP contribution is -2.24. The molecule has 0 saturated carbocycles. The SMILES string of the molecule is COc1cccc(CN)c1.COc1cccc(CNC(=O)c2ccc3c(c2)c(C)c(C)n3Cc2ccc(-c3ccccc3C(=O)OC(C)(C)C)cc2)c1.Cc1c(C)n(Cc2ccc(-c3ccccc3C(=O)OC(C)(C)C)cc2)c2ccc(C(=O)O)cc12. The van der Waals surface area contributed by atoms with Crippen LogP contribution in [-0.4, -0.2) is 63.5 Å². The summed E-state index contributed by atoms with van der Waals surface area (Å²) in [5, 5.41) is 14.4. The number of aromatic nitrogens is 2. The molecule has 1 amide bonds. The Morgan fingerprint density at radius 3 is 1.32 bits per heavy atom. The number of hydrogen-bond donors (Lipinski definition) is 3. The first-order valence-corrected chi connectivity index (χ1v) is 29.0. The Kier molecular flexibility index (Phi) is 20.0. The van der Waals surface area contributed by atoms with Crippen LogP contribution >= 0.6 is 0 Å². The second-order valence-electron chi connectivity index (χ2n) is 23.4. The van der Waals surface area contributed by atoms with E-state index in [9.17, 15) is 24.3 Å². The van der Waals surface area contributed by atoms with Crippen molar-refractivity contribution in [3.05, 3.63) is 249 Å². The number of ether oxygens (including phenoxy) is 4. The summed E-state index contributed by atoms with van der Waals surface area (Å²) in [5.41, 5.74) is 20.8. The summed E-state index contributed by atoms with van der Waals surface area (Å²) in [5.74, 6) is -0.0715. The van der Waals surface area contributed by atoms with Crippen LogP contribution in [0.5, 0.6) is 11.5 Å². The Hall–Kier alpha value is -9.72. The summed E-state index contributed by atoms with van der Waals surface area (Å²) >= 11 is 0. The third-order valence-electron chi connectivity index (χ3n) is 15.0.